The average Bonchev–Trinajstić information content (AvgIpc) is 3.31. The first-order valence-corrected chi connectivity index (χ1v) is 11.0. The largest absolute Gasteiger partial charge is 0.394 e. The Balaban J connectivity index is 2.25. The third-order valence-corrected chi connectivity index (χ3v) is 7.41. The van der Waals surface area contributed by atoms with Crippen molar-refractivity contribution in [2.24, 2.45) is 0 Å². The summed E-state index contributed by atoms with van der Waals surface area (Å²) in [6, 6.07) is 2.22. The van der Waals surface area contributed by atoms with Gasteiger partial charge < -0.3 is 18.3 Å². The standard InChI is InChI=1S/C16H34O4Si/c1-4-9-19-21(12-6-3,20-10-5-2)13-8-7-11-17-14-16-15-18-16/h16H,4-15H2,1-3H3. The van der Waals surface area contributed by atoms with Crippen LogP contribution in [0.15, 0.2) is 0 Å². The molecule has 1 heterocycles. The van der Waals surface area contributed by atoms with Gasteiger partial charge in [-0.25, -0.2) is 0 Å². The number of ether oxygens (including phenoxy) is 2. The van der Waals surface area contributed by atoms with E-state index in [1.54, 1.807) is 0 Å². The minimum atomic E-state index is -1.99. The van der Waals surface area contributed by atoms with Gasteiger partial charge in [0.05, 0.1) is 13.2 Å². The quantitative estimate of drug-likeness (QED) is 0.261. The molecule has 0 spiro atoms. The minimum Gasteiger partial charge on any atom is -0.394 e. The summed E-state index contributed by atoms with van der Waals surface area (Å²) in [6.07, 6.45) is 5.90. The van der Waals surface area contributed by atoms with Crippen molar-refractivity contribution in [3.05, 3.63) is 0 Å². The molecule has 126 valence electrons. The van der Waals surface area contributed by atoms with Gasteiger partial charge in [0.1, 0.15) is 6.10 Å². The summed E-state index contributed by atoms with van der Waals surface area (Å²) in [6.45, 7) is 10.7. The molecule has 1 aliphatic rings. The minimum absolute atomic E-state index is 0.374. The first kappa shape index (κ1) is 19.1. The zero-order chi connectivity index (χ0) is 15.4. The van der Waals surface area contributed by atoms with Gasteiger partial charge in [-0.1, -0.05) is 27.2 Å². The highest BCUT2D eigenvalue weighted by Gasteiger charge is 2.35. The lowest BCUT2D eigenvalue weighted by molar-refractivity contribution is 0.112. The number of rotatable bonds is 15. The smallest absolute Gasteiger partial charge is 0.338 e. The Morgan fingerprint density at radius 2 is 1.57 bits per heavy atom. The van der Waals surface area contributed by atoms with Crippen LogP contribution in [0.2, 0.25) is 12.1 Å². The van der Waals surface area contributed by atoms with Crippen molar-refractivity contribution in [3.8, 4) is 0 Å². The van der Waals surface area contributed by atoms with Crippen LogP contribution in [-0.2, 0) is 18.3 Å². The second-order valence-corrected chi connectivity index (χ2v) is 9.24. The number of epoxide rings is 1. The summed E-state index contributed by atoms with van der Waals surface area (Å²) in [5.41, 5.74) is 0. The number of unbranched alkanes of at least 4 members (excludes halogenated alkanes) is 1. The van der Waals surface area contributed by atoms with Crippen molar-refractivity contribution >= 4 is 8.56 Å². The summed E-state index contributed by atoms with van der Waals surface area (Å²) in [7, 11) is -1.99. The second kappa shape index (κ2) is 11.6. The summed E-state index contributed by atoms with van der Waals surface area (Å²) < 4.78 is 23.2. The molecular formula is C16H34O4Si. The molecule has 0 amide bonds. The summed E-state index contributed by atoms with van der Waals surface area (Å²) >= 11 is 0. The lowest BCUT2D eigenvalue weighted by Crippen LogP contribution is -2.42. The van der Waals surface area contributed by atoms with Crippen molar-refractivity contribution < 1.29 is 18.3 Å². The molecule has 5 heteroatoms. The van der Waals surface area contributed by atoms with E-state index in [-0.39, 0.29) is 0 Å². The van der Waals surface area contributed by atoms with Crippen LogP contribution in [0.4, 0.5) is 0 Å². The van der Waals surface area contributed by atoms with Crippen molar-refractivity contribution in [1.82, 2.24) is 0 Å². The molecule has 0 N–H and O–H groups in total. The highest BCUT2D eigenvalue weighted by atomic mass is 28.4. The maximum atomic E-state index is 6.23. The lowest BCUT2D eigenvalue weighted by Gasteiger charge is -2.30. The van der Waals surface area contributed by atoms with Crippen molar-refractivity contribution in [2.75, 3.05) is 33.0 Å². The first-order valence-electron chi connectivity index (χ1n) is 8.73. The van der Waals surface area contributed by atoms with Crippen LogP contribution in [0, 0.1) is 0 Å². The van der Waals surface area contributed by atoms with E-state index in [1.807, 2.05) is 0 Å². The fourth-order valence-corrected chi connectivity index (χ4v) is 6.00. The Hall–Kier alpha value is 0.0569. The molecule has 0 aromatic rings. The molecule has 0 aromatic carbocycles. The van der Waals surface area contributed by atoms with Gasteiger partial charge in [0.25, 0.3) is 0 Å². The molecule has 0 aliphatic carbocycles. The normalized spacial score (nSPS) is 18.1. The van der Waals surface area contributed by atoms with Crippen LogP contribution >= 0.6 is 0 Å². The molecule has 0 saturated carbocycles. The van der Waals surface area contributed by atoms with E-state index in [2.05, 4.69) is 20.8 Å². The van der Waals surface area contributed by atoms with Gasteiger partial charge in [0.15, 0.2) is 0 Å². The molecule has 1 rings (SSSR count). The van der Waals surface area contributed by atoms with E-state index in [9.17, 15) is 0 Å². The van der Waals surface area contributed by atoms with Gasteiger partial charge in [0.2, 0.25) is 0 Å². The Kier molecular flexibility index (Phi) is 10.6. The SMILES string of the molecule is CCCO[Si](CCC)(CCCCOCC1CO1)OCCC. The molecule has 1 saturated heterocycles. The maximum absolute atomic E-state index is 6.23. The molecule has 1 unspecified atom stereocenters. The summed E-state index contributed by atoms with van der Waals surface area (Å²) in [4.78, 5) is 0. The number of hydrogen-bond donors (Lipinski definition) is 0. The van der Waals surface area contributed by atoms with Gasteiger partial charge in [-0.15, -0.1) is 0 Å². The Morgan fingerprint density at radius 1 is 0.905 bits per heavy atom. The maximum Gasteiger partial charge on any atom is 0.338 e. The molecule has 1 fully saturated rings. The second-order valence-electron chi connectivity index (χ2n) is 5.84. The molecular weight excluding hydrogens is 284 g/mol. The van der Waals surface area contributed by atoms with Gasteiger partial charge in [-0.2, -0.15) is 0 Å². The van der Waals surface area contributed by atoms with E-state index < -0.39 is 8.56 Å². The zero-order valence-electron chi connectivity index (χ0n) is 14.2. The van der Waals surface area contributed by atoms with Crippen LogP contribution in [0.25, 0.3) is 0 Å². The Bertz CT molecular complexity index is 238. The van der Waals surface area contributed by atoms with Gasteiger partial charge in [-0.05, 0) is 37.8 Å². The molecule has 0 bridgehead atoms. The zero-order valence-corrected chi connectivity index (χ0v) is 15.2. The summed E-state index contributed by atoms with van der Waals surface area (Å²) in [5.74, 6) is 0. The van der Waals surface area contributed by atoms with Gasteiger partial charge in [0, 0.05) is 19.8 Å². The van der Waals surface area contributed by atoms with Crippen molar-refractivity contribution in [1.29, 1.82) is 0 Å². The average molecular weight is 319 g/mol. The molecule has 4 nitrogen and oxygen atoms in total. The monoisotopic (exact) mass is 318 g/mol. The Labute approximate surface area is 131 Å². The highest BCUT2D eigenvalue weighted by molar-refractivity contribution is 6.67. The predicted molar refractivity (Wildman–Crippen MR) is 87.9 cm³/mol. The Morgan fingerprint density at radius 3 is 2.10 bits per heavy atom. The van der Waals surface area contributed by atoms with Crippen LogP contribution in [0.3, 0.4) is 0 Å². The molecule has 0 aromatic heterocycles. The van der Waals surface area contributed by atoms with E-state index in [4.69, 9.17) is 18.3 Å². The fourth-order valence-electron chi connectivity index (χ4n) is 2.39. The summed E-state index contributed by atoms with van der Waals surface area (Å²) in [5, 5.41) is 0. The highest BCUT2D eigenvalue weighted by Crippen LogP contribution is 2.24. The van der Waals surface area contributed by atoms with Gasteiger partial charge >= 0.3 is 8.56 Å². The van der Waals surface area contributed by atoms with Crippen molar-refractivity contribution in [2.45, 2.75) is 71.1 Å². The van der Waals surface area contributed by atoms with Crippen molar-refractivity contribution in [3.63, 3.8) is 0 Å². The topological polar surface area (TPSA) is 40.2 Å². The van der Waals surface area contributed by atoms with E-state index in [1.165, 1.54) is 0 Å². The van der Waals surface area contributed by atoms with E-state index >= 15 is 0 Å². The fraction of sp³-hybridized carbons (Fsp3) is 1.00. The van der Waals surface area contributed by atoms with E-state index in [0.29, 0.717) is 6.10 Å². The predicted octanol–water partition coefficient (Wildman–Crippen LogP) is 3.89. The van der Waals surface area contributed by atoms with Crippen LogP contribution < -0.4 is 0 Å². The third-order valence-electron chi connectivity index (χ3n) is 3.57. The van der Waals surface area contributed by atoms with E-state index in [0.717, 1.165) is 77.2 Å². The van der Waals surface area contributed by atoms with Crippen LogP contribution in [0.5, 0.6) is 0 Å². The number of hydrogen-bond acceptors (Lipinski definition) is 4. The molecule has 1 aliphatic heterocycles. The van der Waals surface area contributed by atoms with Crippen LogP contribution in [0.1, 0.15) is 52.9 Å². The third kappa shape index (κ3) is 8.93. The molecule has 1 atom stereocenters. The van der Waals surface area contributed by atoms with Gasteiger partial charge in [-0.3, -0.25) is 0 Å². The molecule has 21 heavy (non-hydrogen) atoms. The lowest BCUT2D eigenvalue weighted by atomic mass is 10.3. The van der Waals surface area contributed by atoms with Crippen LogP contribution in [-0.4, -0.2) is 47.7 Å². The first-order chi connectivity index (χ1) is 10.3. The molecule has 0 radical (unpaired) electrons.